The summed E-state index contributed by atoms with van der Waals surface area (Å²) in [6, 6.07) is 10.9. The molecule has 0 aliphatic carbocycles. The number of aliphatic hydroxyl groups is 3. The largest absolute Gasteiger partial charge is 0.507 e. The monoisotopic (exact) mass is 1040 g/mol. The third-order valence-corrected chi connectivity index (χ3v) is 13.9. The van der Waals surface area contributed by atoms with Crippen molar-refractivity contribution in [1.82, 2.24) is 13.7 Å². The Morgan fingerprint density at radius 1 is 0.360 bits per heavy atom. The highest BCUT2D eigenvalue weighted by Crippen LogP contribution is 2.43. The molecule has 15 heteroatoms. The summed E-state index contributed by atoms with van der Waals surface area (Å²) >= 11 is 0. The van der Waals surface area contributed by atoms with Gasteiger partial charge in [0.1, 0.15) is 35.6 Å². The Labute approximate surface area is 443 Å². The topological polar surface area (TPSA) is 239 Å². The summed E-state index contributed by atoms with van der Waals surface area (Å²) in [6.45, 7) is 32.0. The van der Waals surface area contributed by atoms with E-state index in [-0.39, 0.29) is 55.8 Å². The maximum absolute atomic E-state index is 14.2. The molecule has 1 heterocycles. The number of aryl methyl sites for hydroxylation is 3. The Kier molecular flexibility index (Phi) is 18.6. The minimum Gasteiger partial charge on any atom is -0.507 e. The van der Waals surface area contributed by atoms with Crippen molar-refractivity contribution in [3.8, 4) is 17.2 Å². The van der Waals surface area contributed by atoms with E-state index in [4.69, 9.17) is 0 Å². The van der Waals surface area contributed by atoms with Crippen LogP contribution in [0, 0.1) is 0 Å². The Bertz CT molecular complexity index is 2510. The van der Waals surface area contributed by atoms with E-state index in [2.05, 4.69) is 0 Å². The number of phenols is 3. The molecule has 3 atom stereocenters. The number of benzene rings is 3. The Hall–Kier alpha value is -5.64. The Balaban J connectivity index is 1.72. The number of aliphatic hydroxyl groups excluding tert-OH is 3. The van der Waals surface area contributed by atoms with Gasteiger partial charge in [-0.05, 0) is 121 Å². The van der Waals surface area contributed by atoms with Crippen LogP contribution in [0.25, 0.3) is 0 Å². The van der Waals surface area contributed by atoms with Gasteiger partial charge in [-0.1, -0.05) is 161 Å². The van der Waals surface area contributed by atoms with Crippen molar-refractivity contribution < 1.29 is 45.0 Å². The predicted molar refractivity (Wildman–Crippen MR) is 294 cm³/mol. The van der Waals surface area contributed by atoms with Crippen LogP contribution in [0.3, 0.4) is 0 Å². The first kappa shape index (κ1) is 61.9. The van der Waals surface area contributed by atoms with Gasteiger partial charge in [0.2, 0.25) is 0 Å². The number of rotatable bonds is 18. The summed E-state index contributed by atoms with van der Waals surface area (Å²) in [5.41, 5.74) is -0.669. The molecular weight excluding hydrogens is 955 g/mol. The lowest BCUT2D eigenvalue weighted by molar-refractivity contribution is -0.128. The summed E-state index contributed by atoms with van der Waals surface area (Å²) in [5.74, 6) is -2.48. The van der Waals surface area contributed by atoms with Crippen molar-refractivity contribution >= 4 is 17.3 Å². The number of aromatic nitrogens is 3. The van der Waals surface area contributed by atoms with Crippen molar-refractivity contribution in [1.29, 1.82) is 0 Å². The van der Waals surface area contributed by atoms with Gasteiger partial charge < -0.3 is 30.6 Å². The molecule has 3 aromatic carbocycles. The van der Waals surface area contributed by atoms with Crippen LogP contribution in [-0.2, 0) is 85.8 Å². The molecule has 0 fully saturated rings. The number of ketones is 3. The van der Waals surface area contributed by atoms with Gasteiger partial charge in [-0.3, -0.25) is 14.4 Å². The molecule has 0 radical (unpaired) electrons. The molecule has 1 aromatic heterocycles. The molecule has 0 saturated carbocycles. The summed E-state index contributed by atoms with van der Waals surface area (Å²) in [4.78, 5) is 83.9. The third-order valence-electron chi connectivity index (χ3n) is 13.9. The van der Waals surface area contributed by atoms with Gasteiger partial charge in [0.05, 0.1) is 19.6 Å². The highest BCUT2D eigenvalue weighted by Gasteiger charge is 2.32. The normalized spacial score (nSPS) is 14.2. The van der Waals surface area contributed by atoms with Crippen LogP contribution in [0.4, 0.5) is 0 Å². The van der Waals surface area contributed by atoms with Crippen molar-refractivity contribution in [2.45, 2.75) is 234 Å². The quantitative estimate of drug-likeness (QED) is 0.0561. The number of carbonyl (C=O) groups is 3. The fraction of sp³-hybridized carbons (Fsp3) is 0.600. The second-order valence-corrected chi connectivity index (χ2v) is 26.8. The molecule has 0 bridgehead atoms. The van der Waals surface area contributed by atoms with E-state index in [9.17, 15) is 59.4 Å². The summed E-state index contributed by atoms with van der Waals surface area (Å²) in [6.07, 6.45) is -5.15. The minimum atomic E-state index is -1.72. The first-order valence-electron chi connectivity index (χ1n) is 26.1. The third kappa shape index (κ3) is 15.1. The van der Waals surface area contributed by atoms with E-state index in [1.807, 2.05) is 161 Å². The lowest BCUT2D eigenvalue weighted by Crippen LogP contribution is -2.57. The second kappa shape index (κ2) is 22.5. The molecule has 0 saturated heterocycles. The summed E-state index contributed by atoms with van der Waals surface area (Å²) < 4.78 is 1.08. The van der Waals surface area contributed by atoms with Crippen molar-refractivity contribution in [2.75, 3.05) is 0 Å². The van der Waals surface area contributed by atoms with Crippen LogP contribution in [-0.4, -0.2) is 80.0 Å². The van der Waals surface area contributed by atoms with Crippen molar-refractivity contribution in [3.05, 3.63) is 118 Å². The lowest BCUT2D eigenvalue weighted by atomic mass is 9.78. The van der Waals surface area contributed by atoms with E-state index in [0.717, 1.165) is 16.7 Å². The van der Waals surface area contributed by atoms with Crippen molar-refractivity contribution in [2.24, 2.45) is 0 Å². The number of hydrogen-bond acceptors (Lipinski definition) is 12. The van der Waals surface area contributed by atoms with Gasteiger partial charge in [-0.25, -0.2) is 28.1 Å². The van der Waals surface area contributed by atoms with E-state index in [0.29, 0.717) is 47.1 Å². The molecule has 0 aliphatic heterocycles. The minimum absolute atomic E-state index is 0.153. The summed E-state index contributed by atoms with van der Waals surface area (Å²) in [7, 11) is 0. The SMILES string of the molecule is CC(C)(C)c1cc(CCC(O)C(=O)Cn2c(=O)n(CC(=O)C(O)CCc3cc(C(C)(C)C)c(O)c(C(C)(C)C)c3)c(=O)n(CC(=O)C(O)CCc3cc(C(C)(C)C)c(O)c(C(C)(C)C)c3)c2=O)cc(C(C)(C)C)c1O. The van der Waals surface area contributed by atoms with Crippen LogP contribution in [0.15, 0.2) is 50.8 Å². The molecule has 3 unspecified atom stereocenters. The zero-order valence-electron chi connectivity index (χ0n) is 48.0. The highest BCUT2D eigenvalue weighted by molar-refractivity contribution is 5.84. The first-order valence-corrected chi connectivity index (χ1v) is 26.1. The van der Waals surface area contributed by atoms with Crippen LogP contribution in [0.2, 0.25) is 0 Å². The molecule has 6 N–H and O–H groups in total. The van der Waals surface area contributed by atoms with Crippen LogP contribution in [0.1, 0.15) is 194 Å². The molecular formula is C60H87N3O12. The molecule has 75 heavy (non-hydrogen) atoms. The predicted octanol–water partition coefficient (Wildman–Crippen LogP) is 7.76. The van der Waals surface area contributed by atoms with Crippen LogP contribution < -0.4 is 17.1 Å². The van der Waals surface area contributed by atoms with Gasteiger partial charge in [0.15, 0.2) is 17.3 Å². The molecule has 0 aliphatic rings. The molecule has 0 spiro atoms. The molecule has 4 rings (SSSR count). The number of Topliss-reactive ketones (excluding diaryl/α,β-unsaturated/α-hetero) is 3. The zero-order valence-corrected chi connectivity index (χ0v) is 48.0. The highest BCUT2D eigenvalue weighted by atomic mass is 16.3. The second-order valence-electron chi connectivity index (χ2n) is 26.8. The van der Waals surface area contributed by atoms with E-state index < -0.39 is 105 Å². The van der Waals surface area contributed by atoms with Crippen LogP contribution in [0.5, 0.6) is 17.2 Å². The van der Waals surface area contributed by atoms with Gasteiger partial charge in [0.25, 0.3) is 0 Å². The molecule has 4 aromatic rings. The molecule has 0 amide bonds. The van der Waals surface area contributed by atoms with E-state index in [1.165, 1.54) is 0 Å². The average molecular weight is 1040 g/mol. The number of carbonyl (C=O) groups excluding carboxylic acids is 3. The van der Waals surface area contributed by atoms with Crippen LogP contribution >= 0.6 is 0 Å². The standard InChI is InChI=1S/C60H87N3O12/c1-55(2,3)37-25-34(26-38(49(37)70)56(4,5)6)19-22-43(64)46(67)31-61-52(73)62(32-47(68)44(65)23-20-35-27-39(57(7,8)9)50(71)40(28-35)58(10,11)12)54(75)63(53(61)74)33-48(69)45(66)24-21-36-29-41(59(13,14)15)51(72)42(30-36)60(16,17)18/h25-30,43-45,64-66,70-72H,19-24,31-33H2,1-18H3. The lowest BCUT2D eigenvalue weighted by Gasteiger charge is -2.28. The van der Waals surface area contributed by atoms with Gasteiger partial charge >= 0.3 is 17.1 Å². The Morgan fingerprint density at radius 3 is 0.667 bits per heavy atom. The number of aromatic hydroxyl groups is 3. The van der Waals surface area contributed by atoms with Gasteiger partial charge in [-0.2, -0.15) is 0 Å². The number of nitrogens with zero attached hydrogens (tertiary/aromatic N) is 3. The fourth-order valence-electron chi connectivity index (χ4n) is 9.21. The van der Waals surface area contributed by atoms with Crippen molar-refractivity contribution in [3.63, 3.8) is 0 Å². The van der Waals surface area contributed by atoms with Gasteiger partial charge in [0, 0.05) is 0 Å². The van der Waals surface area contributed by atoms with E-state index >= 15 is 0 Å². The maximum Gasteiger partial charge on any atom is 0.337 e. The molecule has 15 nitrogen and oxygen atoms in total. The molecule has 414 valence electrons. The smallest absolute Gasteiger partial charge is 0.337 e. The zero-order chi connectivity index (χ0) is 57.5. The van der Waals surface area contributed by atoms with Gasteiger partial charge in [-0.15, -0.1) is 0 Å². The number of phenolic OH excluding ortho intramolecular Hbond substituents is 3. The maximum atomic E-state index is 14.2. The Morgan fingerprint density at radius 2 is 0.520 bits per heavy atom. The first-order chi connectivity index (χ1) is 34.0. The summed E-state index contributed by atoms with van der Waals surface area (Å²) in [5, 5.41) is 67.4. The fourth-order valence-corrected chi connectivity index (χ4v) is 9.21. The number of hydrogen-bond donors (Lipinski definition) is 6. The average Bonchev–Trinajstić information content (AvgIpc) is 3.26. The van der Waals surface area contributed by atoms with E-state index in [1.54, 1.807) is 0 Å².